The van der Waals surface area contributed by atoms with Gasteiger partial charge in [-0.3, -0.25) is 4.79 Å². The number of fused-ring (bicyclic) bond motifs is 1. The number of nitrogens with zero attached hydrogens (tertiary/aromatic N) is 1. The van der Waals surface area contributed by atoms with Gasteiger partial charge in [0.05, 0.1) is 28.5 Å². The highest BCUT2D eigenvalue weighted by molar-refractivity contribution is 7.16. The van der Waals surface area contributed by atoms with Crippen LogP contribution in [0.4, 0.5) is 0 Å². The highest BCUT2D eigenvalue weighted by Gasteiger charge is 2.36. The molecule has 0 unspecified atom stereocenters. The molecule has 1 atom stereocenters. The number of benzene rings is 1. The number of hydrogen-bond donors (Lipinski definition) is 2. The topological polar surface area (TPSA) is 75.4 Å². The second kappa shape index (κ2) is 6.44. The van der Waals surface area contributed by atoms with Crippen molar-refractivity contribution in [3.05, 3.63) is 75.8 Å². The van der Waals surface area contributed by atoms with Gasteiger partial charge < -0.3 is 14.8 Å². The van der Waals surface area contributed by atoms with Gasteiger partial charge >= 0.3 is 0 Å². The van der Waals surface area contributed by atoms with Gasteiger partial charge in [-0.05, 0) is 41.8 Å². The van der Waals surface area contributed by atoms with Crippen molar-refractivity contribution in [2.24, 2.45) is 0 Å². The number of carbonyl (C=O) groups is 1. The fraction of sp³-hybridized carbons (Fsp3) is 0.111. The maximum atomic E-state index is 12.5. The van der Waals surface area contributed by atoms with Gasteiger partial charge in [0.15, 0.2) is 5.60 Å². The Morgan fingerprint density at radius 3 is 2.92 bits per heavy atom. The van der Waals surface area contributed by atoms with E-state index in [-0.39, 0.29) is 12.5 Å². The second-order valence-electron chi connectivity index (χ2n) is 5.53. The molecular formula is C18H14N2O3S2. The number of rotatable bonds is 5. The van der Waals surface area contributed by atoms with Crippen LogP contribution in [0.2, 0.25) is 0 Å². The molecular weight excluding hydrogens is 356 g/mol. The number of hydrogen-bond acceptors (Lipinski definition) is 6. The molecule has 5 nitrogen and oxygen atoms in total. The van der Waals surface area contributed by atoms with Gasteiger partial charge in [-0.1, -0.05) is 6.07 Å². The summed E-state index contributed by atoms with van der Waals surface area (Å²) in [5.74, 6) is 0.144. The summed E-state index contributed by atoms with van der Waals surface area (Å²) in [7, 11) is 0. The first kappa shape index (κ1) is 16.0. The fourth-order valence-electron chi connectivity index (χ4n) is 2.63. The van der Waals surface area contributed by atoms with Gasteiger partial charge in [0, 0.05) is 10.4 Å². The lowest BCUT2D eigenvalue weighted by atomic mass is 9.98. The third-order valence-electron chi connectivity index (χ3n) is 3.96. The van der Waals surface area contributed by atoms with E-state index in [0.717, 1.165) is 10.2 Å². The molecule has 0 aliphatic rings. The van der Waals surface area contributed by atoms with Crippen molar-refractivity contribution in [2.45, 2.75) is 5.60 Å². The van der Waals surface area contributed by atoms with Gasteiger partial charge in [-0.2, -0.15) is 0 Å². The molecule has 3 aromatic heterocycles. The molecule has 2 N–H and O–H groups in total. The zero-order valence-electron chi connectivity index (χ0n) is 13.0. The minimum atomic E-state index is -1.40. The smallest absolute Gasteiger partial charge is 0.251 e. The van der Waals surface area contributed by atoms with E-state index in [1.807, 2.05) is 23.6 Å². The average molecular weight is 370 g/mol. The Morgan fingerprint density at radius 1 is 1.24 bits per heavy atom. The first-order valence-electron chi connectivity index (χ1n) is 7.58. The molecule has 0 saturated heterocycles. The number of carbonyl (C=O) groups excluding carboxylic acids is 1. The largest absolute Gasteiger partial charge is 0.466 e. The molecule has 0 fully saturated rings. The predicted molar refractivity (Wildman–Crippen MR) is 98.0 cm³/mol. The van der Waals surface area contributed by atoms with E-state index in [4.69, 9.17) is 4.42 Å². The predicted octanol–water partition coefficient (Wildman–Crippen LogP) is 3.62. The van der Waals surface area contributed by atoms with Crippen molar-refractivity contribution in [2.75, 3.05) is 6.54 Å². The molecule has 0 radical (unpaired) electrons. The molecule has 25 heavy (non-hydrogen) atoms. The SMILES string of the molecule is O=C(NC[C@@](O)(c1ccco1)c1cccs1)c1ccc2ncsc2c1. The Labute approximate surface area is 151 Å². The Hall–Kier alpha value is -2.48. The molecule has 1 aromatic carbocycles. The van der Waals surface area contributed by atoms with Crippen LogP contribution in [0.3, 0.4) is 0 Å². The molecule has 0 aliphatic carbocycles. The summed E-state index contributed by atoms with van der Waals surface area (Å²) < 4.78 is 6.36. The summed E-state index contributed by atoms with van der Waals surface area (Å²) >= 11 is 2.90. The highest BCUT2D eigenvalue weighted by atomic mass is 32.1. The van der Waals surface area contributed by atoms with Crippen LogP contribution in [0.25, 0.3) is 10.2 Å². The standard InChI is InChI=1S/C18H14N2O3S2/c21-17(12-5-6-13-14(9-12)25-11-20-13)19-10-18(22,15-3-1-7-23-15)16-4-2-8-24-16/h1-9,11,22H,10H2,(H,19,21)/t18-/m1/s1. The van der Waals surface area contributed by atoms with Crippen LogP contribution in [0.15, 0.2) is 64.0 Å². The molecule has 126 valence electrons. The average Bonchev–Trinajstić information content (AvgIpc) is 3.40. The summed E-state index contributed by atoms with van der Waals surface area (Å²) in [6.45, 7) is 0.0145. The zero-order valence-corrected chi connectivity index (χ0v) is 14.6. The first-order chi connectivity index (χ1) is 12.2. The minimum absolute atomic E-state index is 0.0145. The molecule has 0 spiro atoms. The van der Waals surface area contributed by atoms with E-state index in [1.54, 1.807) is 29.8 Å². The van der Waals surface area contributed by atoms with Crippen LogP contribution >= 0.6 is 22.7 Å². The first-order valence-corrected chi connectivity index (χ1v) is 9.34. The van der Waals surface area contributed by atoms with E-state index in [1.165, 1.54) is 28.9 Å². The van der Waals surface area contributed by atoms with E-state index < -0.39 is 5.60 Å². The second-order valence-corrected chi connectivity index (χ2v) is 7.37. The van der Waals surface area contributed by atoms with Gasteiger partial charge in [-0.25, -0.2) is 4.98 Å². The third-order valence-corrected chi connectivity index (χ3v) is 5.77. The van der Waals surface area contributed by atoms with Crippen molar-refractivity contribution in [3.8, 4) is 0 Å². The summed E-state index contributed by atoms with van der Waals surface area (Å²) in [6.07, 6.45) is 1.51. The summed E-state index contributed by atoms with van der Waals surface area (Å²) in [5.41, 5.74) is 1.75. The minimum Gasteiger partial charge on any atom is -0.466 e. The van der Waals surface area contributed by atoms with Gasteiger partial charge in [0.25, 0.3) is 5.91 Å². The van der Waals surface area contributed by atoms with Crippen molar-refractivity contribution in [1.82, 2.24) is 10.3 Å². The lowest BCUT2D eigenvalue weighted by Gasteiger charge is -2.25. The molecule has 0 aliphatic heterocycles. The molecule has 4 rings (SSSR count). The van der Waals surface area contributed by atoms with Gasteiger partial charge in [0.2, 0.25) is 0 Å². The van der Waals surface area contributed by atoms with Crippen LogP contribution in [-0.2, 0) is 5.60 Å². The van der Waals surface area contributed by atoms with E-state index in [9.17, 15) is 9.90 Å². The Kier molecular flexibility index (Phi) is 4.12. The maximum Gasteiger partial charge on any atom is 0.251 e. The van der Waals surface area contributed by atoms with Crippen molar-refractivity contribution in [1.29, 1.82) is 0 Å². The molecule has 1 amide bonds. The summed E-state index contributed by atoms with van der Waals surface area (Å²) in [5, 5.41) is 15.9. The monoisotopic (exact) mass is 370 g/mol. The van der Waals surface area contributed by atoms with Crippen LogP contribution in [0, 0.1) is 0 Å². The van der Waals surface area contributed by atoms with Crippen molar-refractivity contribution >= 4 is 38.8 Å². The quantitative estimate of drug-likeness (QED) is 0.563. The number of thiazole rings is 1. The van der Waals surface area contributed by atoms with Gasteiger partial charge in [-0.15, -0.1) is 22.7 Å². The van der Waals surface area contributed by atoms with Crippen LogP contribution in [0.5, 0.6) is 0 Å². The molecule has 0 bridgehead atoms. The lowest BCUT2D eigenvalue weighted by molar-refractivity contribution is 0.0554. The number of furan rings is 1. The summed E-state index contributed by atoms with van der Waals surface area (Å²) in [6, 6.07) is 12.4. The Balaban J connectivity index is 1.58. The van der Waals surface area contributed by atoms with Crippen LogP contribution < -0.4 is 5.32 Å². The van der Waals surface area contributed by atoms with Gasteiger partial charge in [0.1, 0.15) is 5.76 Å². The van der Waals surface area contributed by atoms with E-state index in [2.05, 4.69) is 10.3 Å². The normalized spacial score (nSPS) is 13.6. The Morgan fingerprint density at radius 2 is 2.16 bits per heavy atom. The molecule has 3 heterocycles. The number of amides is 1. The number of aliphatic hydroxyl groups is 1. The van der Waals surface area contributed by atoms with Crippen LogP contribution in [-0.4, -0.2) is 22.5 Å². The van der Waals surface area contributed by atoms with E-state index >= 15 is 0 Å². The number of aromatic nitrogens is 1. The zero-order chi connectivity index (χ0) is 17.3. The summed E-state index contributed by atoms with van der Waals surface area (Å²) in [4.78, 5) is 17.4. The van der Waals surface area contributed by atoms with E-state index in [0.29, 0.717) is 16.2 Å². The Bertz CT molecular complexity index is 956. The maximum absolute atomic E-state index is 12.5. The van der Waals surface area contributed by atoms with Crippen molar-refractivity contribution < 1.29 is 14.3 Å². The molecule has 0 saturated carbocycles. The fourth-order valence-corrected chi connectivity index (χ4v) is 4.17. The third kappa shape index (κ3) is 2.97. The molecule has 4 aromatic rings. The number of thiophene rings is 1. The molecule has 7 heteroatoms. The van der Waals surface area contributed by atoms with Crippen molar-refractivity contribution in [3.63, 3.8) is 0 Å². The number of nitrogens with one attached hydrogen (secondary N) is 1. The lowest BCUT2D eigenvalue weighted by Crippen LogP contribution is -2.41. The van der Waals surface area contributed by atoms with Crippen LogP contribution in [0.1, 0.15) is 21.0 Å². The highest BCUT2D eigenvalue weighted by Crippen LogP contribution is 2.32.